The van der Waals surface area contributed by atoms with E-state index in [0.29, 0.717) is 11.6 Å². The van der Waals surface area contributed by atoms with E-state index in [9.17, 15) is 0 Å². The van der Waals surface area contributed by atoms with E-state index in [2.05, 4.69) is 18.9 Å². The molecule has 0 bridgehead atoms. The molecule has 0 aliphatic carbocycles. The van der Waals surface area contributed by atoms with Gasteiger partial charge in [0.15, 0.2) is 0 Å². The van der Waals surface area contributed by atoms with Crippen LogP contribution in [0.5, 0.6) is 0 Å². The summed E-state index contributed by atoms with van der Waals surface area (Å²) in [6, 6.07) is 0.633. The Morgan fingerprint density at radius 3 is 2.45 bits per heavy atom. The summed E-state index contributed by atoms with van der Waals surface area (Å²) in [6.07, 6.45) is 2.65. The van der Waals surface area contributed by atoms with Crippen LogP contribution in [-0.2, 0) is 21.1 Å². The molecule has 11 heavy (non-hydrogen) atoms. The van der Waals surface area contributed by atoms with Gasteiger partial charge in [-0.25, -0.2) is 0 Å². The summed E-state index contributed by atoms with van der Waals surface area (Å²) in [6.45, 7) is 4.64. The zero-order chi connectivity index (χ0) is 7.19. The fourth-order valence-electron chi connectivity index (χ4n) is 2.27. The van der Waals surface area contributed by atoms with Gasteiger partial charge >= 0.3 is 0 Å². The fraction of sp³-hybridized carbons (Fsp3) is 1.00. The van der Waals surface area contributed by atoms with Crippen molar-refractivity contribution in [2.75, 3.05) is 20.1 Å². The first kappa shape index (κ1) is 9.69. The van der Waals surface area contributed by atoms with E-state index in [0.717, 1.165) is 0 Å². The molecule has 1 spiro atoms. The molecule has 2 saturated heterocycles. The third-order valence-corrected chi connectivity index (χ3v) is 2.65. The molecule has 0 aromatic heterocycles. The van der Waals surface area contributed by atoms with E-state index >= 15 is 0 Å². The molecule has 0 amide bonds. The Labute approximate surface area is 83.0 Å². The van der Waals surface area contributed by atoms with Crippen molar-refractivity contribution >= 4 is 0 Å². The van der Waals surface area contributed by atoms with Crippen molar-refractivity contribution in [2.45, 2.75) is 31.3 Å². The van der Waals surface area contributed by atoms with Crippen molar-refractivity contribution < 1.29 is 21.1 Å². The van der Waals surface area contributed by atoms with Crippen LogP contribution in [0.15, 0.2) is 0 Å². The van der Waals surface area contributed by atoms with Gasteiger partial charge in [0.1, 0.15) is 0 Å². The van der Waals surface area contributed by atoms with Crippen molar-refractivity contribution in [1.82, 2.24) is 4.90 Å². The minimum absolute atomic E-state index is 0. The molecule has 0 radical (unpaired) electrons. The van der Waals surface area contributed by atoms with E-state index in [4.69, 9.17) is 5.32 Å². The van der Waals surface area contributed by atoms with Crippen LogP contribution in [0.3, 0.4) is 0 Å². The van der Waals surface area contributed by atoms with Gasteiger partial charge in [-0.15, -0.1) is 6.04 Å². The first-order valence-electron chi connectivity index (χ1n) is 4.11. The second kappa shape index (κ2) is 3.16. The predicted molar refractivity (Wildman–Crippen MR) is 42.3 cm³/mol. The molecule has 64 valence electrons. The third kappa shape index (κ3) is 1.68. The Morgan fingerprint density at radius 1 is 1.45 bits per heavy atom. The molecular formula is C8H15N2W-. The molecule has 2 nitrogen and oxygen atoms in total. The molecule has 2 aliphatic rings. The monoisotopic (exact) mass is 323 g/mol. The number of hydrogen-bond acceptors (Lipinski definition) is 1. The fourth-order valence-corrected chi connectivity index (χ4v) is 2.27. The molecule has 0 saturated carbocycles. The maximum absolute atomic E-state index is 4.73. The first-order chi connectivity index (χ1) is 4.70. The summed E-state index contributed by atoms with van der Waals surface area (Å²) in [7, 11) is 2.17. The average molecular weight is 323 g/mol. The van der Waals surface area contributed by atoms with Crippen LogP contribution in [0.1, 0.15) is 19.8 Å². The van der Waals surface area contributed by atoms with Gasteiger partial charge in [-0.1, -0.05) is 25.3 Å². The Bertz CT molecular complexity index is 138. The van der Waals surface area contributed by atoms with Crippen LogP contribution < -0.4 is 0 Å². The molecule has 3 heteroatoms. The van der Waals surface area contributed by atoms with Gasteiger partial charge in [0.25, 0.3) is 0 Å². The molecule has 1 atom stereocenters. The summed E-state index contributed by atoms with van der Waals surface area (Å²) in [5.41, 5.74) is 0.411. The zero-order valence-corrected chi connectivity index (χ0v) is 10.1. The summed E-state index contributed by atoms with van der Waals surface area (Å²) in [5.74, 6) is 0. The van der Waals surface area contributed by atoms with Gasteiger partial charge in [0, 0.05) is 21.1 Å². The van der Waals surface area contributed by atoms with E-state index < -0.39 is 0 Å². The van der Waals surface area contributed by atoms with Crippen molar-refractivity contribution in [1.29, 1.82) is 0 Å². The van der Waals surface area contributed by atoms with E-state index in [1.165, 1.54) is 25.9 Å². The summed E-state index contributed by atoms with van der Waals surface area (Å²) < 4.78 is 0. The number of likely N-dealkylation sites (N-methyl/N-ethyl adjacent to an activating group) is 1. The van der Waals surface area contributed by atoms with Gasteiger partial charge in [0.2, 0.25) is 0 Å². The first-order valence-corrected chi connectivity index (χ1v) is 4.11. The Morgan fingerprint density at radius 2 is 2.09 bits per heavy atom. The Balaban J connectivity index is 0.000000605. The second-order valence-electron chi connectivity index (χ2n) is 3.91. The standard InChI is InChI=1S/C8H15N2.W/c1-7-3-4-8(9-7)5-10(2)6-8;/h7H,3-6H2,1-2H3;/q-1;. The number of hydrogen-bond donors (Lipinski definition) is 0. The van der Waals surface area contributed by atoms with Gasteiger partial charge < -0.3 is 10.2 Å². The molecule has 0 aromatic carbocycles. The maximum atomic E-state index is 4.73. The van der Waals surface area contributed by atoms with Crippen LogP contribution in [0.2, 0.25) is 0 Å². The minimum atomic E-state index is 0. The number of rotatable bonds is 0. The molecule has 2 rings (SSSR count). The van der Waals surface area contributed by atoms with E-state index in [-0.39, 0.29) is 21.1 Å². The van der Waals surface area contributed by atoms with Crippen molar-refractivity contribution in [3.05, 3.63) is 5.32 Å². The van der Waals surface area contributed by atoms with Gasteiger partial charge in [0.05, 0.1) is 0 Å². The molecule has 2 fully saturated rings. The SMILES string of the molecule is CC1CCC2(CN(C)C2)[N-]1.[W]. The van der Waals surface area contributed by atoms with Crippen molar-refractivity contribution in [2.24, 2.45) is 0 Å². The Hall–Kier alpha value is 0.608. The van der Waals surface area contributed by atoms with Crippen LogP contribution >= 0.6 is 0 Å². The number of likely N-dealkylation sites (tertiary alicyclic amines) is 1. The molecule has 0 aromatic rings. The van der Waals surface area contributed by atoms with Gasteiger partial charge in [-0.05, 0) is 20.1 Å². The van der Waals surface area contributed by atoms with Crippen LogP contribution in [0, 0.1) is 0 Å². The van der Waals surface area contributed by atoms with Crippen molar-refractivity contribution in [3.8, 4) is 0 Å². The third-order valence-electron chi connectivity index (χ3n) is 2.65. The normalized spacial score (nSPS) is 34.9. The molecule has 0 N–H and O–H groups in total. The Kier molecular flexibility index (Phi) is 2.78. The molecule has 2 aliphatic heterocycles. The summed E-state index contributed by atoms with van der Waals surface area (Å²) in [4.78, 5) is 2.35. The number of nitrogens with zero attached hydrogens (tertiary/aromatic N) is 2. The average Bonchev–Trinajstić information content (AvgIpc) is 2.10. The van der Waals surface area contributed by atoms with E-state index in [1.807, 2.05) is 0 Å². The zero-order valence-electron chi connectivity index (χ0n) is 7.21. The second-order valence-corrected chi connectivity index (χ2v) is 3.91. The maximum Gasteiger partial charge on any atom is 0 e. The van der Waals surface area contributed by atoms with Crippen LogP contribution in [-0.4, -0.2) is 36.6 Å². The predicted octanol–water partition coefficient (Wildman–Crippen LogP) is 1.22. The summed E-state index contributed by atoms with van der Waals surface area (Å²) >= 11 is 0. The minimum Gasteiger partial charge on any atom is -0.652 e. The van der Waals surface area contributed by atoms with Crippen LogP contribution in [0.25, 0.3) is 5.32 Å². The van der Waals surface area contributed by atoms with Gasteiger partial charge in [-0.2, -0.15) is 0 Å². The smallest absolute Gasteiger partial charge is 0 e. The summed E-state index contributed by atoms with van der Waals surface area (Å²) in [5, 5.41) is 4.73. The molecular weight excluding hydrogens is 308 g/mol. The quantitative estimate of drug-likeness (QED) is 0.655. The molecule has 1 unspecified atom stereocenters. The van der Waals surface area contributed by atoms with Crippen LogP contribution in [0.4, 0.5) is 0 Å². The topological polar surface area (TPSA) is 17.3 Å². The molecule has 2 heterocycles. The van der Waals surface area contributed by atoms with Crippen molar-refractivity contribution in [3.63, 3.8) is 0 Å². The van der Waals surface area contributed by atoms with E-state index in [1.54, 1.807) is 0 Å². The van der Waals surface area contributed by atoms with Gasteiger partial charge in [-0.3, -0.25) is 0 Å². The largest absolute Gasteiger partial charge is 0.652 e.